The monoisotopic (exact) mass is 411 g/mol. The number of nitrogens with two attached hydrogens (primary N) is 1. The van der Waals surface area contributed by atoms with Crippen molar-refractivity contribution in [1.29, 1.82) is 0 Å². The molecule has 0 radical (unpaired) electrons. The molecule has 0 aromatic heterocycles. The van der Waals surface area contributed by atoms with Crippen molar-refractivity contribution < 1.29 is 9.53 Å². The summed E-state index contributed by atoms with van der Waals surface area (Å²) < 4.78 is 5.21. The van der Waals surface area contributed by atoms with E-state index in [4.69, 9.17) is 10.5 Å². The minimum atomic E-state index is -0.0249. The fraction of sp³-hybridized carbons (Fsp3) is 0.350. The van der Waals surface area contributed by atoms with Crippen LogP contribution in [0.4, 0.5) is 11.4 Å². The quantitative estimate of drug-likeness (QED) is 0.730. The van der Waals surface area contributed by atoms with E-state index in [2.05, 4.69) is 34.5 Å². The molecule has 1 aliphatic heterocycles. The summed E-state index contributed by atoms with van der Waals surface area (Å²) in [6, 6.07) is 15.7. The van der Waals surface area contributed by atoms with Crippen LogP contribution in [-0.2, 0) is 11.3 Å². The van der Waals surface area contributed by atoms with E-state index in [1.807, 2.05) is 6.07 Å². The van der Waals surface area contributed by atoms with Gasteiger partial charge < -0.3 is 15.8 Å². The van der Waals surface area contributed by atoms with Crippen molar-refractivity contribution in [3.05, 3.63) is 54.1 Å². The van der Waals surface area contributed by atoms with Crippen LogP contribution < -0.4 is 15.8 Å². The summed E-state index contributed by atoms with van der Waals surface area (Å²) in [7, 11) is 1.60. The first-order valence-corrected chi connectivity index (χ1v) is 8.66. The van der Waals surface area contributed by atoms with Gasteiger partial charge in [-0.2, -0.15) is 0 Å². The molecule has 27 heavy (non-hydrogen) atoms. The zero-order chi connectivity index (χ0) is 17.6. The molecule has 0 bridgehead atoms. The van der Waals surface area contributed by atoms with Crippen molar-refractivity contribution in [1.82, 2.24) is 4.90 Å². The average Bonchev–Trinajstić information content (AvgIpc) is 2.64. The normalized spacial score (nSPS) is 16.6. The van der Waals surface area contributed by atoms with E-state index in [9.17, 15) is 4.79 Å². The Morgan fingerprint density at radius 1 is 1.22 bits per heavy atom. The van der Waals surface area contributed by atoms with E-state index < -0.39 is 0 Å². The number of nitrogen functional groups attached to an aromatic ring is 1. The number of carbonyl (C=O) groups is 1. The van der Waals surface area contributed by atoms with Crippen LogP contribution in [0.2, 0.25) is 0 Å². The second-order valence-electron chi connectivity index (χ2n) is 6.50. The number of nitrogens with one attached hydrogen (secondary N) is 1. The number of carbonyl (C=O) groups excluding carboxylic acids is 1. The molecule has 0 aliphatic carbocycles. The first kappa shape index (κ1) is 23.1. The summed E-state index contributed by atoms with van der Waals surface area (Å²) in [4.78, 5) is 15.0. The summed E-state index contributed by atoms with van der Waals surface area (Å²) in [5.74, 6) is 0.680. The molecule has 5 nitrogen and oxygen atoms in total. The van der Waals surface area contributed by atoms with E-state index in [0.717, 1.165) is 32.5 Å². The number of halogens is 2. The Bertz CT molecular complexity index is 728. The lowest BCUT2D eigenvalue weighted by molar-refractivity contribution is -0.121. The number of benzene rings is 2. The number of hydrogen-bond donors (Lipinski definition) is 2. The summed E-state index contributed by atoms with van der Waals surface area (Å²) in [5.41, 5.74) is 8.41. The fourth-order valence-electron chi connectivity index (χ4n) is 3.26. The smallest absolute Gasteiger partial charge is 0.228 e. The third-order valence-electron chi connectivity index (χ3n) is 4.64. The van der Waals surface area contributed by atoms with Crippen LogP contribution in [0.15, 0.2) is 48.5 Å². The van der Waals surface area contributed by atoms with E-state index in [0.29, 0.717) is 17.1 Å². The molecule has 2 aromatic carbocycles. The topological polar surface area (TPSA) is 67.6 Å². The van der Waals surface area contributed by atoms with Crippen molar-refractivity contribution in [2.75, 3.05) is 31.2 Å². The fourth-order valence-corrected chi connectivity index (χ4v) is 3.26. The maximum Gasteiger partial charge on any atom is 0.228 e. The van der Waals surface area contributed by atoms with Gasteiger partial charge in [-0.1, -0.05) is 30.3 Å². The molecule has 2 aromatic rings. The third-order valence-corrected chi connectivity index (χ3v) is 4.64. The standard InChI is InChI=1S/C20H25N3O2.2ClH/c1-25-17-9-10-18(21)19(12-17)22-20(24)16-8-5-11-23(14-16)13-15-6-3-2-4-7-15;;/h2-4,6-7,9-10,12,16H,5,8,11,13-14,21H2,1H3,(H,22,24);2*1H. The number of piperidine rings is 1. The minimum absolute atomic E-state index is 0. The largest absolute Gasteiger partial charge is 0.497 e. The van der Waals surface area contributed by atoms with Gasteiger partial charge in [-0.3, -0.25) is 9.69 Å². The first-order chi connectivity index (χ1) is 12.2. The second kappa shape index (κ2) is 11.0. The molecular formula is C20H27Cl2N3O2. The van der Waals surface area contributed by atoms with Crippen molar-refractivity contribution in [3.63, 3.8) is 0 Å². The van der Waals surface area contributed by atoms with E-state index in [-0.39, 0.29) is 36.6 Å². The Kier molecular flexibility index (Phi) is 9.43. The molecule has 3 rings (SSSR count). The molecular weight excluding hydrogens is 385 g/mol. The third kappa shape index (κ3) is 6.31. The van der Waals surface area contributed by atoms with E-state index in [1.165, 1.54) is 5.56 Å². The van der Waals surface area contributed by atoms with Crippen LogP contribution in [0.1, 0.15) is 18.4 Å². The van der Waals surface area contributed by atoms with Gasteiger partial charge in [-0.25, -0.2) is 0 Å². The van der Waals surface area contributed by atoms with Crippen LogP contribution in [0.5, 0.6) is 5.75 Å². The number of hydrogen-bond acceptors (Lipinski definition) is 4. The Labute approximate surface area is 173 Å². The van der Waals surface area contributed by atoms with Crippen LogP contribution in [0, 0.1) is 5.92 Å². The van der Waals surface area contributed by atoms with E-state index >= 15 is 0 Å². The van der Waals surface area contributed by atoms with Crippen molar-refractivity contribution in [2.45, 2.75) is 19.4 Å². The number of methoxy groups -OCH3 is 1. The molecule has 1 unspecified atom stereocenters. The first-order valence-electron chi connectivity index (χ1n) is 8.66. The van der Waals surface area contributed by atoms with Gasteiger partial charge in [0, 0.05) is 19.2 Å². The second-order valence-corrected chi connectivity index (χ2v) is 6.50. The van der Waals surface area contributed by atoms with Gasteiger partial charge in [0.05, 0.1) is 24.4 Å². The maximum absolute atomic E-state index is 12.7. The number of nitrogens with zero attached hydrogens (tertiary/aromatic N) is 1. The number of anilines is 2. The highest BCUT2D eigenvalue weighted by atomic mass is 35.5. The number of likely N-dealkylation sites (tertiary alicyclic amines) is 1. The summed E-state index contributed by atoms with van der Waals surface area (Å²) >= 11 is 0. The Balaban J connectivity index is 0.00000182. The van der Waals surface area contributed by atoms with Gasteiger partial charge in [-0.05, 0) is 37.1 Å². The van der Waals surface area contributed by atoms with Crippen molar-refractivity contribution >= 4 is 42.1 Å². The maximum atomic E-state index is 12.7. The van der Waals surface area contributed by atoms with Crippen molar-refractivity contribution in [3.8, 4) is 5.75 Å². The lowest BCUT2D eigenvalue weighted by atomic mass is 9.96. The summed E-state index contributed by atoms with van der Waals surface area (Å²) in [5, 5.41) is 2.97. The highest BCUT2D eigenvalue weighted by Gasteiger charge is 2.26. The minimum Gasteiger partial charge on any atom is -0.497 e. The summed E-state index contributed by atoms with van der Waals surface area (Å²) in [6.45, 7) is 2.68. The lowest BCUT2D eigenvalue weighted by Gasteiger charge is -2.32. The molecule has 0 spiro atoms. The highest BCUT2D eigenvalue weighted by molar-refractivity contribution is 5.95. The number of amides is 1. The van der Waals surface area contributed by atoms with Crippen LogP contribution in [0.25, 0.3) is 0 Å². The van der Waals surface area contributed by atoms with Crippen LogP contribution >= 0.6 is 24.8 Å². The predicted molar refractivity (Wildman–Crippen MR) is 115 cm³/mol. The number of rotatable bonds is 5. The Morgan fingerprint density at radius 2 is 1.96 bits per heavy atom. The molecule has 3 N–H and O–H groups in total. The molecule has 148 valence electrons. The van der Waals surface area contributed by atoms with Gasteiger partial charge in [-0.15, -0.1) is 24.8 Å². The van der Waals surface area contributed by atoms with Crippen LogP contribution in [0.3, 0.4) is 0 Å². The number of ether oxygens (including phenoxy) is 1. The molecule has 7 heteroatoms. The molecule has 1 saturated heterocycles. The van der Waals surface area contributed by atoms with Gasteiger partial charge in [0.2, 0.25) is 5.91 Å². The predicted octanol–water partition coefficient (Wildman–Crippen LogP) is 3.97. The average molecular weight is 412 g/mol. The van der Waals surface area contributed by atoms with Crippen LogP contribution in [-0.4, -0.2) is 31.0 Å². The molecule has 0 saturated carbocycles. The zero-order valence-electron chi connectivity index (χ0n) is 15.4. The molecule has 1 fully saturated rings. The zero-order valence-corrected chi connectivity index (χ0v) is 17.0. The van der Waals surface area contributed by atoms with Crippen molar-refractivity contribution in [2.24, 2.45) is 5.92 Å². The van der Waals surface area contributed by atoms with Gasteiger partial charge >= 0.3 is 0 Å². The Hall–Kier alpha value is -1.95. The molecule has 1 heterocycles. The van der Waals surface area contributed by atoms with E-state index in [1.54, 1.807) is 25.3 Å². The molecule has 1 aliphatic rings. The Morgan fingerprint density at radius 3 is 2.67 bits per heavy atom. The SMILES string of the molecule is COc1ccc(N)c(NC(=O)C2CCCN(Cc3ccccc3)C2)c1.Cl.Cl. The molecule has 1 atom stereocenters. The lowest BCUT2D eigenvalue weighted by Crippen LogP contribution is -2.40. The molecule has 1 amide bonds. The van der Waals surface area contributed by atoms with Gasteiger partial charge in [0.15, 0.2) is 0 Å². The summed E-state index contributed by atoms with van der Waals surface area (Å²) in [6.07, 6.45) is 1.93. The van der Waals surface area contributed by atoms with Gasteiger partial charge in [0.25, 0.3) is 0 Å². The highest BCUT2D eigenvalue weighted by Crippen LogP contribution is 2.26. The van der Waals surface area contributed by atoms with Gasteiger partial charge in [0.1, 0.15) is 5.75 Å².